The van der Waals surface area contributed by atoms with Crippen molar-refractivity contribution in [2.75, 3.05) is 25.6 Å². The standard InChI is InChI=1S/C19H25N3O2/c1-4-5-10-22(2)17-11-16(12-20-14-17)19(23)21-13-15-8-6-7-9-18(15)24-3/h6-9,11-12,14H,4-5,10,13H2,1-3H3,(H,21,23). The summed E-state index contributed by atoms with van der Waals surface area (Å²) in [6, 6.07) is 9.53. The van der Waals surface area contributed by atoms with Crippen LogP contribution in [0.3, 0.4) is 0 Å². The fourth-order valence-electron chi connectivity index (χ4n) is 2.41. The van der Waals surface area contributed by atoms with Gasteiger partial charge in [0.2, 0.25) is 0 Å². The maximum absolute atomic E-state index is 12.4. The van der Waals surface area contributed by atoms with Crippen LogP contribution < -0.4 is 15.0 Å². The molecule has 5 heteroatoms. The van der Waals surface area contributed by atoms with Crippen LogP contribution in [0.2, 0.25) is 0 Å². The van der Waals surface area contributed by atoms with Crippen molar-refractivity contribution in [3.63, 3.8) is 0 Å². The number of carbonyl (C=O) groups is 1. The number of anilines is 1. The molecule has 0 saturated carbocycles. The van der Waals surface area contributed by atoms with Crippen LogP contribution >= 0.6 is 0 Å². The van der Waals surface area contributed by atoms with Gasteiger partial charge in [0.25, 0.3) is 5.91 Å². The van der Waals surface area contributed by atoms with Crippen molar-refractivity contribution in [1.82, 2.24) is 10.3 Å². The van der Waals surface area contributed by atoms with Gasteiger partial charge in [-0.05, 0) is 18.6 Å². The lowest BCUT2D eigenvalue weighted by Crippen LogP contribution is -2.24. The van der Waals surface area contributed by atoms with Crippen LogP contribution in [-0.2, 0) is 6.54 Å². The molecule has 0 aliphatic carbocycles. The van der Waals surface area contributed by atoms with Crippen LogP contribution in [0.1, 0.15) is 35.7 Å². The molecule has 1 amide bonds. The molecule has 2 rings (SSSR count). The van der Waals surface area contributed by atoms with Crippen molar-refractivity contribution >= 4 is 11.6 Å². The lowest BCUT2D eigenvalue weighted by molar-refractivity contribution is 0.0950. The Morgan fingerprint density at radius 1 is 1.29 bits per heavy atom. The van der Waals surface area contributed by atoms with Gasteiger partial charge in [0.05, 0.1) is 24.6 Å². The van der Waals surface area contributed by atoms with Gasteiger partial charge in [-0.2, -0.15) is 0 Å². The Hall–Kier alpha value is -2.56. The number of carbonyl (C=O) groups excluding carboxylic acids is 1. The van der Waals surface area contributed by atoms with Crippen LogP contribution in [0.15, 0.2) is 42.7 Å². The van der Waals surface area contributed by atoms with Gasteiger partial charge in [0.15, 0.2) is 0 Å². The van der Waals surface area contributed by atoms with E-state index in [0.29, 0.717) is 12.1 Å². The molecule has 0 unspecified atom stereocenters. The monoisotopic (exact) mass is 327 g/mol. The van der Waals surface area contributed by atoms with E-state index in [-0.39, 0.29) is 5.91 Å². The van der Waals surface area contributed by atoms with E-state index in [1.165, 1.54) is 0 Å². The first kappa shape index (κ1) is 17.8. The molecule has 5 nitrogen and oxygen atoms in total. The maximum Gasteiger partial charge on any atom is 0.253 e. The number of para-hydroxylation sites is 1. The molecule has 0 fully saturated rings. The highest BCUT2D eigenvalue weighted by atomic mass is 16.5. The minimum atomic E-state index is -0.140. The summed E-state index contributed by atoms with van der Waals surface area (Å²) in [5.41, 5.74) is 2.46. The van der Waals surface area contributed by atoms with E-state index in [1.807, 2.05) is 37.4 Å². The quantitative estimate of drug-likeness (QED) is 0.808. The molecule has 0 radical (unpaired) electrons. The molecule has 1 aromatic carbocycles. The number of nitrogens with zero attached hydrogens (tertiary/aromatic N) is 2. The molecule has 0 aliphatic rings. The van der Waals surface area contributed by atoms with Crippen molar-refractivity contribution in [2.24, 2.45) is 0 Å². The van der Waals surface area contributed by atoms with Gasteiger partial charge in [-0.3, -0.25) is 9.78 Å². The summed E-state index contributed by atoms with van der Waals surface area (Å²) in [5, 5.41) is 2.92. The van der Waals surface area contributed by atoms with E-state index in [4.69, 9.17) is 4.74 Å². The Bertz CT molecular complexity index is 673. The highest BCUT2D eigenvalue weighted by molar-refractivity contribution is 5.94. The van der Waals surface area contributed by atoms with E-state index in [9.17, 15) is 4.79 Å². The first-order valence-corrected chi connectivity index (χ1v) is 8.22. The normalized spacial score (nSPS) is 10.3. The summed E-state index contributed by atoms with van der Waals surface area (Å²) >= 11 is 0. The molecule has 2 aromatic rings. The summed E-state index contributed by atoms with van der Waals surface area (Å²) in [6.45, 7) is 3.52. The number of benzene rings is 1. The van der Waals surface area contributed by atoms with E-state index >= 15 is 0 Å². The molecule has 0 saturated heterocycles. The second-order valence-electron chi connectivity index (χ2n) is 5.70. The van der Waals surface area contributed by atoms with Crippen molar-refractivity contribution in [3.05, 3.63) is 53.9 Å². The number of nitrogens with one attached hydrogen (secondary N) is 1. The smallest absolute Gasteiger partial charge is 0.253 e. The predicted octanol–water partition coefficient (Wildman–Crippen LogP) is 3.26. The minimum Gasteiger partial charge on any atom is -0.496 e. The van der Waals surface area contributed by atoms with Gasteiger partial charge in [0.1, 0.15) is 5.75 Å². The van der Waals surface area contributed by atoms with E-state index in [0.717, 1.165) is 36.4 Å². The number of hydrogen-bond acceptors (Lipinski definition) is 4. The maximum atomic E-state index is 12.4. The van der Waals surface area contributed by atoms with Gasteiger partial charge >= 0.3 is 0 Å². The molecule has 0 atom stereocenters. The molecule has 1 aromatic heterocycles. The third kappa shape index (κ3) is 4.72. The number of rotatable bonds is 8. The van der Waals surface area contributed by atoms with Gasteiger partial charge in [-0.15, -0.1) is 0 Å². The zero-order valence-electron chi connectivity index (χ0n) is 14.6. The summed E-state index contributed by atoms with van der Waals surface area (Å²) in [7, 11) is 3.64. The Balaban J connectivity index is 2.02. The third-order valence-electron chi connectivity index (χ3n) is 3.91. The lowest BCUT2D eigenvalue weighted by atomic mass is 10.2. The number of hydrogen-bond donors (Lipinski definition) is 1. The Morgan fingerprint density at radius 2 is 2.08 bits per heavy atom. The number of amides is 1. The van der Waals surface area contributed by atoms with Gasteiger partial charge in [-0.1, -0.05) is 31.5 Å². The highest BCUT2D eigenvalue weighted by Crippen LogP contribution is 2.17. The second-order valence-corrected chi connectivity index (χ2v) is 5.70. The number of aromatic nitrogens is 1. The summed E-state index contributed by atoms with van der Waals surface area (Å²) in [4.78, 5) is 18.7. The lowest BCUT2D eigenvalue weighted by Gasteiger charge is -2.19. The van der Waals surface area contributed by atoms with E-state index in [2.05, 4.69) is 22.1 Å². The van der Waals surface area contributed by atoms with Crippen molar-refractivity contribution < 1.29 is 9.53 Å². The highest BCUT2D eigenvalue weighted by Gasteiger charge is 2.10. The number of unbranched alkanes of at least 4 members (excludes halogenated alkanes) is 1. The summed E-state index contributed by atoms with van der Waals surface area (Å²) < 4.78 is 5.30. The fourth-order valence-corrected chi connectivity index (χ4v) is 2.41. The van der Waals surface area contributed by atoms with Crippen LogP contribution in [0.4, 0.5) is 5.69 Å². The molecular formula is C19H25N3O2. The van der Waals surface area contributed by atoms with E-state index < -0.39 is 0 Å². The minimum absolute atomic E-state index is 0.140. The number of ether oxygens (including phenoxy) is 1. The largest absolute Gasteiger partial charge is 0.496 e. The van der Waals surface area contributed by atoms with Crippen LogP contribution in [0, 0.1) is 0 Å². The van der Waals surface area contributed by atoms with Gasteiger partial charge in [-0.25, -0.2) is 0 Å². The van der Waals surface area contributed by atoms with Gasteiger partial charge < -0.3 is 15.0 Å². The van der Waals surface area contributed by atoms with Crippen molar-refractivity contribution in [2.45, 2.75) is 26.3 Å². The molecule has 0 bridgehead atoms. The van der Waals surface area contributed by atoms with Crippen molar-refractivity contribution in [3.8, 4) is 5.75 Å². The van der Waals surface area contributed by atoms with Gasteiger partial charge in [0, 0.05) is 31.9 Å². The molecule has 24 heavy (non-hydrogen) atoms. The fraction of sp³-hybridized carbons (Fsp3) is 0.368. The first-order chi connectivity index (χ1) is 11.7. The zero-order valence-corrected chi connectivity index (χ0v) is 14.6. The number of methoxy groups -OCH3 is 1. The van der Waals surface area contributed by atoms with Crippen molar-refractivity contribution in [1.29, 1.82) is 0 Å². The zero-order chi connectivity index (χ0) is 17.4. The number of pyridine rings is 1. The average molecular weight is 327 g/mol. The summed E-state index contributed by atoms with van der Waals surface area (Å²) in [6.07, 6.45) is 5.62. The third-order valence-corrected chi connectivity index (χ3v) is 3.91. The topological polar surface area (TPSA) is 54.5 Å². The van der Waals surface area contributed by atoms with E-state index in [1.54, 1.807) is 19.5 Å². The molecule has 0 aliphatic heterocycles. The SMILES string of the molecule is CCCCN(C)c1cncc(C(=O)NCc2ccccc2OC)c1. The molecule has 1 heterocycles. The first-order valence-electron chi connectivity index (χ1n) is 8.22. The predicted molar refractivity (Wildman–Crippen MR) is 96.6 cm³/mol. The second kappa shape index (κ2) is 8.91. The Labute approximate surface area is 143 Å². The molecule has 0 spiro atoms. The van der Waals surface area contributed by atoms with Crippen LogP contribution in [0.5, 0.6) is 5.75 Å². The van der Waals surface area contributed by atoms with Crippen LogP contribution in [0.25, 0.3) is 0 Å². The molecule has 128 valence electrons. The average Bonchev–Trinajstić information content (AvgIpc) is 2.64. The molecular weight excluding hydrogens is 302 g/mol. The molecule has 1 N–H and O–H groups in total. The Kier molecular flexibility index (Phi) is 6.61. The Morgan fingerprint density at radius 3 is 2.83 bits per heavy atom. The van der Waals surface area contributed by atoms with Crippen LogP contribution in [-0.4, -0.2) is 31.6 Å². The summed E-state index contributed by atoms with van der Waals surface area (Å²) in [5.74, 6) is 0.628.